The zero-order chi connectivity index (χ0) is 22.9. The van der Waals surface area contributed by atoms with Crippen LogP contribution >= 0.6 is 11.6 Å². The molecule has 1 saturated heterocycles. The van der Waals surface area contributed by atoms with Crippen LogP contribution in [0.3, 0.4) is 0 Å². The number of carbonyl (C=O) groups is 2. The minimum absolute atomic E-state index is 0.0000122. The van der Waals surface area contributed by atoms with E-state index in [1.165, 1.54) is 5.56 Å². The number of fused-ring (bicyclic) bond motifs is 1. The van der Waals surface area contributed by atoms with Gasteiger partial charge in [-0.15, -0.1) is 0 Å². The van der Waals surface area contributed by atoms with Crippen molar-refractivity contribution in [3.63, 3.8) is 0 Å². The smallest absolute Gasteiger partial charge is 0.264 e. The third-order valence-electron chi connectivity index (χ3n) is 6.20. The summed E-state index contributed by atoms with van der Waals surface area (Å²) in [7, 11) is 0. The van der Waals surface area contributed by atoms with Crippen LogP contribution in [-0.4, -0.2) is 29.0 Å². The zero-order valence-electron chi connectivity index (χ0n) is 17.7. The number of nitrogens with one attached hydrogen (secondary N) is 2. The van der Waals surface area contributed by atoms with Crippen LogP contribution in [0.1, 0.15) is 33.0 Å². The van der Waals surface area contributed by atoms with Gasteiger partial charge >= 0.3 is 0 Å². The quantitative estimate of drug-likeness (QED) is 0.546. The highest BCUT2D eigenvalue weighted by molar-refractivity contribution is 6.30. The van der Waals surface area contributed by atoms with Crippen LogP contribution in [0.15, 0.2) is 84.9 Å². The molecule has 3 aromatic carbocycles. The number of primary amides is 1. The zero-order valence-corrected chi connectivity index (χ0v) is 18.5. The fourth-order valence-electron chi connectivity index (χ4n) is 4.59. The summed E-state index contributed by atoms with van der Waals surface area (Å²) < 4.78 is 0. The van der Waals surface area contributed by atoms with E-state index in [0.29, 0.717) is 16.3 Å². The molecule has 0 radical (unpaired) electrons. The van der Waals surface area contributed by atoms with E-state index >= 15 is 0 Å². The third-order valence-corrected chi connectivity index (χ3v) is 6.45. The molecule has 0 aromatic heterocycles. The molecule has 33 heavy (non-hydrogen) atoms. The van der Waals surface area contributed by atoms with E-state index in [1.807, 2.05) is 42.5 Å². The maximum absolute atomic E-state index is 13.1. The van der Waals surface area contributed by atoms with Crippen LogP contribution in [0.4, 0.5) is 0 Å². The Morgan fingerprint density at radius 3 is 2.33 bits per heavy atom. The molecule has 1 fully saturated rings. The molecule has 2 aliphatic rings. The summed E-state index contributed by atoms with van der Waals surface area (Å²) in [4.78, 5) is 24.5. The molecule has 2 heterocycles. The SMILES string of the molecule is NC(=O)c1ccc(C2=CC(=O)N3NC(Cc4ccccc4)C(c4ccc(Cl)cc4)C3N2)cc1. The fourth-order valence-corrected chi connectivity index (χ4v) is 4.72. The lowest BCUT2D eigenvalue weighted by Gasteiger charge is -2.33. The molecule has 3 aromatic rings. The summed E-state index contributed by atoms with van der Waals surface area (Å²) in [5.41, 5.74) is 13.0. The largest absolute Gasteiger partial charge is 0.366 e. The molecule has 3 unspecified atom stereocenters. The first-order valence-corrected chi connectivity index (χ1v) is 11.1. The minimum atomic E-state index is -0.485. The van der Waals surface area contributed by atoms with Gasteiger partial charge in [0.2, 0.25) is 5.91 Å². The van der Waals surface area contributed by atoms with Gasteiger partial charge in [0.25, 0.3) is 5.91 Å². The molecule has 0 aliphatic carbocycles. The van der Waals surface area contributed by atoms with E-state index in [9.17, 15) is 9.59 Å². The number of hydrogen-bond acceptors (Lipinski definition) is 4. The molecule has 6 nitrogen and oxygen atoms in total. The van der Waals surface area contributed by atoms with Gasteiger partial charge in [0.15, 0.2) is 0 Å². The topological polar surface area (TPSA) is 87.5 Å². The number of carbonyl (C=O) groups excluding carboxylic acids is 2. The molecular formula is C26H23ClN4O2. The van der Waals surface area contributed by atoms with E-state index in [-0.39, 0.29) is 24.0 Å². The van der Waals surface area contributed by atoms with Gasteiger partial charge in [0, 0.05) is 34.3 Å². The van der Waals surface area contributed by atoms with E-state index < -0.39 is 5.91 Å². The van der Waals surface area contributed by atoms with Gasteiger partial charge < -0.3 is 11.1 Å². The maximum atomic E-state index is 13.1. The van der Waals surface area contributed by atoms with E-state index in [1.54, 1.807) is 35.4 Å². The Balaban J connectivity index is 1.48. The van der Waals surface area contributed by atoms with Crippen LogP contribution in [-0.2, 0) is 11.2 Å². The number of hydrazine groups is 1. The van der Waals surface area contributed by atoms with Gasteiger partial charge in [0.05, 0.1) is 0 Å². The summed E-state index contributed by atoms with van der Waals surface area (Å²) >= 11 is 6.15. The Morgan fingerprint density at radius 2 is 1.67 bits per heavy atom. The second-order valence-corrected chi connectivity index (χ2v) is 8.74. The van der Waals surface area contributed by atoms with Crippen molar-refractivity contribution < 1.29 is 9.59 Å². The average Bonchev–Trinajstić information content (AvgIpc) is 3.19. The van der Waals surface area contributed by atoms with Gasteiger partial charge in [-0.2, -0.15) is 0 Å². The Kier molecular flexibility index (Phi) is 5.62. The standard InChI is InChI=1S/C26H23ClN4O2/c27-20-12-10-18(11-13-20)24-22(14-16-4-2-1-3-5-16)30-31-23(32)15-21(29-26(24)31)17-6-8-19(9-7-17)25(28)33/h1-13,15,22,24,26,29-30H,14H2,(H2,28,33). The van der Waals surface area contributed by atoms with Crippen molar-refractivity contribution in [3.8, 4) is 0 Å². The number of nitrogens with two attached hydrogens (primary N) is 1. The van der Waals surface area contributed by atoms with Gasteiger partial charge in [-0.05, 0) is 47.4 Å². The van der Waals surface area contributed by atoms with Crippen molar-refractivity contribution >= 4 is 29.1 Å². The molecule has 7 heteroatoms. The van der Waals surface area contributed by atoms with Gasteiger partial charge in [0.1, 0.15) is 6.17 Å². The number of hydrogen-bond donors (Lipinski definition) is 3. The lowest BCUT2D eigenvalue weighted by molar-refractivity contribution is -0.131. The van der Waals surface area contributed by atoms with Crippen LogP contribution in [0, 0.1) is 0 Å². The Bertz CT molecular complexity index is 1210. The molecule has 166 valence electrons. The number of benzene rings is 3. The first kappa shape index (κ1) is 21.2. The normalized spacial score (nSPS) is 21.8. The minimum Gasteiger partial charge on any atom is -0.366 e. The highest BCUT2D eigenvalue weighted by Gasteiger charge is 2.46. The fraction of sp³-hybridized carbons (Fsp3) is 0.154. The molecule has 2 aliphatic heterocycles. The van der Waals surface area contributed by atoms with Gasteiger partial charge in [-0.25, -0.2) is 5.43 Å². The third kappa shape index (κ3) is 4.23. The number of amides is 2. The molecule has 0 saturated carbocycles. The number of rotatable bonds is 5. The number of halogens is 1. The summed E-state index contributed by atoms with van der Waals surface area (Å²) in [6, 6.07) is 24.9. The second kappa shape index (κ2) is 8.73. The first-order valence-electron chi connectivity index (χ1n) is 10.8. The predicted molar refractivity (Wildman–Crippen MR) is 128 cm³/mol. The van der Waals surface area contributed by atoms with Crippen molar-refractivity contribution in [3.05, 3.63) is 112 Å². The second-order valence-electron chi connectivity index (χ2n) is 8.30. The van der Waals surface area contributed by atoms with Crippen LogP contribution in [0.5, 0.6) is 0 Å². The van der Waals surface area contributed by atoms with E-state index in [4.69, 9.17) is 17.3 Å². The summed E-state index contributed by atoms with van der Waals surface area (Å²) in [5.74, 6) is -0.622. The first-order chi connectivity index (χ1) is 16.0. The highest BCUT2D eigenvalue weighted by Crippen LogP contribution is 2.36. The molecule has 2 amide bonds. The van der Waals surface area contributed by atoms with E-state index in [2.05, 4.69) is 22.9 Å². The lowest BCUT2D eigenvalue weighted by atomic mass is 9.86. The molecule has 0 bridgehead atoms. The molecular weight excluding hydrogens is 436 g/mol. The van der Waals surface area contributed by atoms with Crippen molar-refractivity contribution in [2.75, 3.05) is 0 Å². The summed E-state index contributed by atoms with van der Waals surface area (Å²) in [5, 5.41) is 5.89. The van der Waals surface area contributed by atoms with Crippen LogP contribution < -0.4 is 16.5 Å². The van der Waals surface area contributed by atoms with Crippen molar-refractivity contribution in [1.29, 1.82) is 0 Å². The van der Waals surface area contributed by atoms with Crippen LogP contribution in [0.25, 0.3) is 5.70 Å². The molecule has 3 atom stereocenters. The van der Waals surface area contributed by atoms with Crippen LogP contribution in [0.2, 0.25) is 5.02 Å². The number of nitrogens with zero attached hydrogens (tertiary/aromatic N) is 1. The molecule has 5 rings (SSSR count). The lowest BCUT2D eigenvalue weighted by Crippen LogP contribution is -2.52. The summed E-state index contributed by atoms with van der Waals surface area (Å²) in [6.07, 6.45) is 2.05. The molecule has 4 N–H and O–H groups in total. The van der Waals surface area contributed by atoms with Crippen molar-refractivity contribution in [2.45, 2.75) is 24.5 Å². The maximum Gasteiger partial charge on any atom is 0.264 e. The average molecular weight is 459 g/mol. The molecule has 0 spiro atoms. The van der Waals surface area contributed by atoms with Crippen molar-refractivity contribution in [1.82, 2.24) is 15.8 Å². The highest BCUT2D eigenvalue weighted by atomic mass is 35.5. The summed E-state index contributed by atoms with van der Waals surface area (Å²) in [6.45, 7) is 0. The van der Waals surface area contributed by atoms with Gasteiger partial charge in [-0.3, -0.25) is 14.6 Å². The Morgan fingerprint density at radius 1 is 0.970 bits per heavy atom. The Labute approximate surface area is 197 Å². The van der Waals surface area contributed by atoms with Crippen molar-refractivity contribution in [2.24, 2.45) is 5.73 Å². The monoisotopic (exact) mass is 458 g/mol. The Hall–Kier alpha value is -3.61. The van der Waals surface area contributed by atoms with E-state index in [0.717, 1.165) is 17.5 Å². The predicted octanol–water partition coefficient (Wildman–Crippen LogP) is 3.45. The van der Waals surface area contributed by atoms with Gasteiger partial charge in [-0.1, -0.05) is 66.2 Å².